The molecule has 6 heteroatoms. The number of para-hydroxylation sites is 1. The van der Waals surface area contributed by atoms with Gasteiger partial charge < -0.3 is 9.84 Å². The highest BCUT2D eigenvalue weighted by Gasteiger charge is 2.50. The zero-order valence-corrected chi connectivity index (χ0v) is 15.5. The minimum absolute atomic E-state index is 0.190. The van der Waals surface area contributed by atoms with Crippen molar-refractivity contribution < 1.29 is 24.2 Å². The first-order valence-corrected chi connectivity index (χ1v) is 9.01. The van der Waals surface area contributed by atoms with Crippen LogP contribution in [0.15, 0.2) is 60.7 Å². The van der Waals surface area contributed by atoms with Crippen LogP contribution in [0.5, 0.6) is 0 Å². The van der Waals surface area contributed by atoms with Crippen LogP contribution in [-0.2, 0) is 24.7 Å². The van der Waals surface area contributed by atoms with Gasteiger partial charge in [0, 0.05) is 5.56 Å². The molecule has 0 saturated carbocycles. The van der Waals surface area contributed by atoms with Crippen LogP contribution >= 0.6 is 0 Å². The van der Waals surface area contributed by atoms with Gasteiger partial charge in [-0.25, -0.2) is 0 Å². The maximum Gasteiger partial charge on any atom is 0.326 e. The number of hydrogen-bond donors (Lipinski definition) is 1. The molecule has 28 heavy (non-hydrogen) atoms. The summed E-state index contributed by atoms with van der Waals surface area (Å²) in [5.41, 5.74) is -0.458. The maximum absolute atomic E-state index is 12.9. The summed E-state index contributed by atoms with van der Waals surface area (Å²) >= 11 is 0. The van der Waals surface area contributed by atoms with Gasteiger partial charge in [-0.05, 0) is 24.6 Å². The molecule has 144 valence electrons. The fourth-order valence-corrected chi connectivity index (χ4v) is 3.23. The van der Waals surface area contributed by atoms with Crippen molar-refractivity contribution in [2.75, 3.05) is 18.1 Å². The first kappa shape index (κ1) is 19.5. The number of esters is 1. The average molecular weight is 379 g/mol. The topological polar surface area (TPSA) is 83.9 Å². The summed E-state index contributed by atoms with van der Waals surface area (Å²) in [6, 6.07) is 15.9. The Morgan fingerprint density at radius 3 is 2.50 bits per heavy atom. The molecule has 1 aliphatic heterocycles. The molecular formula is C22H21NO5. The van der Waals surface area contributed by atoms with Crippen molar-refractivity contribution in [3.05, 3.63) is 71.8 Å². The molecule has 3 rings (SSSR count). The molecular weight excluding hydrogens is 358 g/mol. The lowest BCUT2D eigenvalue weighted by Crippen LogP contribution is -2.43. The van der Waals surface area contributed by atoms with Gasteiger partial charge in [-0.2, -0.15) is 0 Å². The van der Waals surface area contributed by atoms with Crippen molar-refractivity contribution in [1.82, 2.24) is 0 Å². The van der Waals surface area contributed by atoms with Gasteiger partial charge in [0.15, 0.2) is 11.4 Å². The summed E-state index contributed by atoms with van der Waals surface area (Å²) in [7, 11) is 0. The molecule has 2 aromatic rings. The lowest BCUT2D eigenvalue weighted by atomic mass is 9.89. The molecule has 1 heterocycles. The van der Waals surface area contributed by atoms with Crippen molar-refractivity contribution >= 4 is 29.4 Å². The number of ketones is 1. The second-order valence-electron chi connectivity index (χ2n) is 6.46. The number of rotatable bonds is 7. The number of amides is 1. The van der Waals surface area contributed by atoms with Gasteiger partial charge in [0.1, 0.15) is 6.54 Å². The molecule has 0 saturated heterocycles. The third-order valence-corrected chi connectivity index (χ3v) is 4.52. The molecule has 1 N–H and O–H groups in total. The molecule has 0 radical (unpaired) electrons. The minimum Gasteiger partial charge on any atom is -0.465 e. The van der Waals surface area contributed by atoms with Gasteiger partial charge in [-0.15, -0.1) is 0 Å². The predicted molar refractivity (Wildman–Crippen MR) is 104 cm³/mol. The molecule has 0 bridgehead atoms. The van der Waals surface area contributed by atoms with E-state index in [0.717, 1.165) is 5.56 Å². The van der Waals surface area contributed by atoms with E-state index >= 15 is 0 Å². The van der Waals surface area contributed by atoms with Crippen LogP contribution in [0.3, 0.4) is 0 Å². The molecule has 0 aromatic heterocycles. The minimum atomic E-state index is -2.01. The first-order chi connectivity index (χ1) is 13.5. The maximum atomic E-state index is 12.9. The fourth-order valence-electron chi connectivity index (χ4n) is 3.23. The normalized spacial score (nSPS) is 18.4. The highest BCUT2D eigenvalue weighted by atomic mass is 16.5. The van der Waals surface area contributed by atoms with E-state index in [-0.39, 0.29) is 13.2 Å². The number of fused-ring (bicyclic) bond motifs is 1. The SMILES string of the molecule is CCOC(=O)CN1C(=O)[C@](O)(CC(=O)/C=C/c2ccccc2)c2ccccc21. The number of nitrogens with zero attached hydrogens (tertiary/aromatic N) is 1. The Morgan fingerprint density at radius 2 is 1.79 bits per heavy atom. The summed E-state index contributed by atoms with van der Waals surface area (Å²) in [6.07, 6.45) is 2.57. The molecule has 1 atom stereocenters. The summed E-state index contributed by atoms with van der Waals surface area (Å²) in [5.74, 6) is -1.68. The van der Waals surface area contributed by atoms with Crippen molar-refractivity contribution in [2.45, 2.75) is 18.9 Å². The van der Waals surface area contributed by atoms with E-state index in [1.165, 1.54) is 11.0 Å². The largest absolute Gasteiger partial charge is 0.465 e. The third kappa shape index (κ3) is 3.87. The number of allylic oxidation sites excluding steroid dienone is 1. The van der Waals surface area contributed by atoms with E-state index in [4.69, 9.17) is 4.74 Å². The molecule has 0 aliphatic carbocycles. The van der Waals surface area contributed by atoms with Gasteiger partial charge in [-0.1, -0.05) is 54.6 Å². The Labute approximate surface area is 163 Å². The Morgan fingerprint density at radius 1 is 1.11 bits per heavy atom. The van der Waals surface area contributed by atoms with Crippen molar-refractivity contribution in [2.24, 2.45) is 0 Å². The molecule has 6 nitrogen and oxygen atoms in total. The summed E-state index contributed by atoms with van der Waals surface area (Å²) in [6.45, 7) is 1.54. The molecule has 1 aliphatic rings. The zero-order valence-electron chi connectivity index (χ0n) is 15.5. The number of aliphatic hydroxyl groups is 1. The third-order valence-electron chi connectivity index (χ3n) is 4.52. The number of hydrogen-bond acceptors (Lipinski definition) is 5. The van der Waals surface area contributed by atoms with Crippen LogP contribution in [0.2, 0.25) is 0 Å². The Hall–Kier alpha value is -3.25. The lowest BCUT2D eigenvalue weighted by molar-refractivity contribution is -0.145. The Bertz CT molecular complexity index is 922. The number of benzene rings is 2. The van der Waals surface area contributed by atoms with Crippen LogP contribution < -0.4 is 4.90 Å². The van der Waals surface area contributed by atoms with Crippen LogP contribution in [0, 0.1) is 0 Å². The molecule has 2 aromatic carbocycles. The second kappa shape index (κ2) is 8.19. The van der Waals surface area contributed by atoms with Crippen molar-refractivity contribution in [1.29, 1.82) is 0 Å². The van der Waals surface area contributed by atoms with Gasteiger partial charge in [0.05, 0.1) is 18.7 Å². The highest BCUT2D eigenvalue weighted by molar-refractivity contribution is 6.11. The van der Waals surface area contributed by atoms with Crippen LogP contribution in [-0.4, -0.2) is 35.9 Å². The van der Waals surface area contributed by atoms with E-state index in [2.05, 4.69) is 0 Å². The van der Waals surface area contributed by atoms with Crippen molar-refractivity contribution in [3.8, 4) is 0 Å². The highest BCUT2D eigenvalue weighted by Crippen LogP contribution is 2.42. The number of carbonyl (C=O) groups excluding carboxylic acids is 3. The monoisotopic (exact) mass is 379 g/mol. The summed E-state index contributed by atoms with van der Waals surface area (Å²) < 4.78 is 4.91. The lowest BCUT2D eigenvalue weighted by Gasteiger charge is -2.21. The average Bonchev–Trinajstić information content (AvgIpc) is 2.89. The standard InChI is InChI=1S/C22H21NO5/c1-2-28-20(25)15-23-19-11-7-6-10-18(19)22(27,21(23)26)14-17(24)13-12-16-8-4-3-5-9-16/h3-13,27H,2,14-15H2,1H3/b13-12+/t22-/m0/s1. The molecule has 0 fully saturated rings. The van der Waals surface area contributed by atoms with Gasteiger partial charge in [0.2, 0.25) is 0 Å². The van der Waals surface area contributed by atoms with Crippen LogP contribution in [0.1, 0.15) is 24.5 Å². The number of ether oxygens (including phenoxy) is 1. The van der Waals surface area contributed by atoms with E-state index in [9.17, 15) is 19.5 Å². The first-order valence-electron chi connectivity index (χ1n) is 9.01. The van der Waals surface area contributed by atoms with Crippen molar-refractivity contribution in [3.63, 3.8) is 0 Å². The van der Waals surface area contributed by atoms with Gasteiger partial charge in [-0.3, -0.25) is 19.3 Å². The van der Waals surface area contributed by atoms with E-state index < -0.39 is 29.7 Å². The van der Waals surface area contributed by atoms with E-state index in [0.29, 0.717) is 11.3 Å². The Balaban J connectivity index is 1.83. The summed E-state index contributed by atoms with van der Waals surface area (Å²) in [4.78, 5) is 38.4. The molecule has 0 unspecified atom stereocenters. The van der Waals surface area contributed by atoms with E-state index in [1.807, 2.05) is 30.3 Å². The van der Waals surface area contributed by atoms with Crippen LogP contribution in [0.4, 0.5) is 5.69 Å². The molecule has 0 spiro atoms. The van der Waals surface area contributed by atoms with Gasteiger partial charge >= 0.3 is 5.97 Å². The van der Waals surface area contributed by atoms with Gasteiger partial charge in [0.25, 0.3) is 5.91 Å². The fraction of sp³-hybridized carbons (Fsp3) is 0.227. The quantitative estimate of drug-likeness (QED) is 0.590. The Kier molecular flexibility index (Phi) is 5.70. The molecule has 1 amide bonds. The number of anilines is 1. The second-order valence-corrected chi connectivity index (χ2v) is 6.46. The smallest absolute Gasteiger partial charge is 0.326 e. The summed E-state index contributed by atoms with van der Waals surface area (Å²) in [5, 5.41) is 11.1. The zero-order chi connectivity index (χ0) is 20.1. The number of carbonyl (C=O) groups is 3. The van der Waals surface area contributed by atoms with Crippen LogP contribution in [0.25, 0.3) is 6.08 Å². The van der Waals surface area contributed by atoms with E-state index in [1.54, 1.807) is 37.3 Å². The predicted octanol–water partition coefficient (Wildman–Crippen LogP) is 2.46.